The molecule has 1 aromatic heterocycles. The summed E-state index contributed by atoms with van der Waals surface area (Å²) in [4.78, 5) is 12.7. The van der Waals surface area contributed by atoms with Gasteiger partial charge in [0.25, 0.3) is 0 Å². The number of phenols is 1. The Kier molecular flexibility index (Phi) is 10.7. The number of allylic oxidation sites excluding steroid dienone is 6. The van der Waals surface area contributed by atoms with Crippen LogP contribution >= 0.6 is 0 Å². The highest BCUT2D eigenvalue weighted by Gasteiger charge is 2.18. The highest BCUT2D eigenvalue weighted by Crippen LogP contribution is 2.34. The molecule has 0 saturated heterocycles. The summed E-state index contributed by atoms with van der Waals surface area (Å²) >= 11 is 0. The third-order valence-electron chi connectivity index (χ3n) is 5.31. The fourth-order valence-electron chi connectivity index (χ4n) is 3.33. The fourth-order valence-corrected chi connectivity index (χ4v) is 3.33. The largest absolute Gasteiger partial charge is 0.508 e. The molecule has 1 aromatic carbocycles. The van der Waals surface area contributed by atoms with E-state index in [-0.39, 0.29) is 23.7 Å². The monoisotopic (exact) mass is 466 g/mol. The van der Waals surface area contributed by atoms with Gasteiger partial charge in [-0.3, -0.25) is 0 Å². The number of aromatic hydroxyl groups is 1. The maximum absolute atomic E-state index is 12.7. The highest BCUT2D eigenvalue weighted by molar-refractivity contribution is 5.86. The molecule has 5 nitrogen and oxygen atoms in total. The van der Waals surface area contributed by atoms with Gasteiger partial charge in [0.15, 0.2) is 5.75 Å². The van der Waals surface area contributed by atoms with Crippen LogP contribution in [0.5, 0.6) is 17.2 Å². The smallest absolute Gasteiger partial charge is 0.383 e. The van der Waals surface area contributed by atoms with Gasteiger partial charge in [0.1, 0.15) is 24.5 Å². The summed E-state index contributed by atoms with van der Waals surface area (Å²) in [6.45, 7) is 13.0. The zero-order valence-electron chi connectivity index (χ0n) is 21.4. The van der Waals surface area contributed by atoms with Crippen LogP contribution in [0, 0.1) is 0 Å². The van der Waals surface area contributed by atoms with Gasteiger partial charge >= 0.3 is 5.63 Å². The van der Waals surface area contributed by atoms with E-state index in [9.17, 15) is 9.90 Å². The van der Waals surface area contributed by atoms with Gasteiger partial charge < -0.3 is 19.0 Å². The lowest BCUT2D eigenvalue weighted by molar-refractivity contribution is 0.295. The van der Waals surface area contributed by atoms with Crippen LogP contribution in [0.4, 0.5) is 0 Å². The van der Waals surface area contributed by atoms with E-state index in [0.29, 0.717) is 17.7 Å². The number of ether oxygens (including phenoxy) is 2. The number of phenolic OH excluding ortho intramolecular Hbond substituents is 1. The Hall–Kier alpha value is -3.21. The summed E-state index contributed by atoms with van der Waals surface area (Å²) < 4.78 is 17.3. The second-order valence-electron chi connectivity index (χ2n) is 9.09. The molecule has 0 bridgehead atoms. The first-order chi connectivity index (χ1) is 16.2. The molecule has 0 atom stereocenters. The predicted octanol–water partition coefficient (Wildman–Crippen LogP) is 7.64. The number of fused-ring (bicyclic) bond motifs is 1. The molecule has 184 valence electrons. The third-order valence-corrected chi connectivity index (χ3v) is 5.31. The van der Waals surface area contributed by atoms with Crippen LogP contribution in [0.25, 0.3) is 11.0 Å². The minimum absolute atomic E-state index is 0.0141. The Morgan fingerprint density at radius 3 is 1.88 bits per heavy atom. The average molecular weight is 467 g/mol. The molecular formula is C29H38O5. The quantitative estimate of drug-likeness (QED) is 0.257. The molecule has 0 aliphatic carbocycles. The lowest BCUT2D eigenvalue weighted by Crippen LogP contribution is -2.11. The van der Waals surface area contributed by atoms with Crippen molar-refractivity contribution in [2.45, 2.75) is 67.2 Å². The molecule has 0 amide bonds. The minimum atomic E-state index is -0.632. The standard InChI is InChI=1S/C29H38O5/c1-20(2)9-7-11-22(5)15-17-32-27-25-14-13-24(30)19-26(25)34-29(31)28(27)33-18-16-23(6)12-8-10-21(3)4/h9-10,13-16,19,30H,7-8,11-12,17-18H2,1-6H3. The van der Waals surface area contributed by atoms with Gasteiger partial charge in [-0.1, -0.05) is 34.4 Å². The van der Waals surface area contributed by atoms with E-state index in [1.165, 1.54) is 34.4 Å². The van der Waals surface area contributed by atoms with Crippen molar-refractivity contribution in [1.29, 1.82) is 0 Å². The van der Waals surface area contributed by atoms with Crippen molar-refractivity contribution in [3.05, 3.63) is 75.2 Å². The topological polar surface area (TPSA) is 68.9 Å². The molecule has 1 N–H and O–H groups in total. The van der Waals surface area contributed by atoms with Gasteiger partial charge in [-0.05, 0) is 91.5 Å². The molecular weight excluding hydrogens is 428 g/mol. The van der Waals surface area contributed by atoms with Crippen LogP contribution in [0.3, 0.4) is 0 Å². The zero-order valence-corrected chi connectivity index (χ0v) is 21.4. The van der Waals surface area contributed by atoms with Gasteiger partial charge in [0, 0.05) is 6.07 Å². The molecule has 0 fully saturated rings. The average Bonchev–Trinajstić information content (AvgIpc) is 2.74. The van der Waals surface area contributed by atoms with Gasteiger partial charge in [0.2, 0.25) is 5.75 Å². The van der Waals surface area contributed by atoms with Crippen LogP contribution in [0.2, 0.25) is 0 Å². The molecule has 0 saturated carbocycles. The first-order valence-corrected chi connectivity index (χ1v) is 11.8. The van der Waals surface area contributed by atoms with Crippen LogP contribution in [0.15, 0.2) is 74.0 Å². The Morgan fingerprint density at radius 2 is 1.35 bits per heavy atom. The second-order valence-corrected chi connectivity index (χ2v) is 9.09. The Morgan fingerprint density at radius 1 is 0.824 bits per heavy atom. The van der Waals surface area contributed by atoms with E-state index >= 15 is 0 Å². The van der Waals surface area contributed by atoms with Crippen molar-refractivity contribution in [3.63, 3.8) is 0 Å². The SMILES string of the molecule is CC(C)=CCCC(C)=CCOc1c(OCC=C(C)CCC=C(C)C)c2ccc(O)cc2oc1=O. The van der Waals surface area contributed by atoms with E-state index in [2.05, 4.69) is 46.8 Å². The molecule has 5 heteroatoms. The van der Waals surface area contributed by atoms with Gasteiger partial charge in [-0.2, -0.15) is 0 Å². The first-order valence-electron chi connectivity index (χ1n) is 11.8. The van der Waals surface area contributed by atoms with E-state index in [1.807, 2.05) is 19.1 Å². The summed E-state index contributed by atoms with van der Waals surface area (Å²) in [5.41, 5.74) is 4.62. The van der Waals surface area contributed by atoms with Gasteiger partial charge in [0.05, 0.1) is 5.39 Å². The maximum atomic E-state index is 12.7. The molecule has 0 spiro atoms. The molecule has 2 aromatic rings. The maximum Gasteiger partial charge on any atom is 0.383 e. The molecule has 1 heterocycles. The first kappa shape index (κ1) is 27.0. The van der Waals surface area contributed by atoms with Crippen LogP contribution in [-0.4, -0.2) is 18.3 Å². The predicted molar refractivity (Wildman–Crippen MR) is 140 cm³/mol. The van der Waals surface area contributed by atoms with E-state index in [4.69, 9.17) is 13.9 Å². The molecule has 0 unspecified atom stereocenters. The normalized spacial score (nSPS) is 11.9. The number of hydrogen-bond donors (Lipinski definition) is 1. The van der Waals surface area contributed by atoms with Gasteiger partial charge in [-0.15, -0.1) is 0 Å². The molecule has 34 heavy (non-hydrogen) atoms. The van der Waals surface area contributed by atoms with Crippen molar-refractivity contribution in [1.82, 2.24) is 0 Å². The lowest BCUT2D eigenvalue weighted by atomic mass is 10.1. The number of hydrogen-bond acceptors (Lipinski definition) is 5. The summed E-state index contributed by atoms with van der Waals surface area (Å²) in [7, 11) is 0. The van der Waals surface area contributed by atoms with Crippen LogP contribution in [-0.2, 0) is 0 Å². The zero-order chi connectivity index (χ0) is 25.1. The molecule has 2 rings (SSSR count). The summed E-state index contributed by atoms with van der Waals surface area (Å²) in [6.07, 6.45) is 12.2. The van der Waals surface area contributed by atoms with Crippen molar-refractivity contribution in [3.8, 4) is 17.2 Å². The van der Waals surface area contributed by atoms with E-state index in [1.54, 1.807) is 6.07 Å². The second kappa shape index (κ2) is 13.5. The van der Waals surface area contributed by atoms with Crippen molar-refractivity contribution >= 4 is 11.0 Å². The van der Waals surface area contributed by atoms with E-state index < -0.39 is 5.63 Å². The summed E-state index contributed by atoms with van der Waals surface area (Å²) in [6, 6.07) is 4.61. The summed E-state index contributed by atoms with van der Waals surface area (Å²) in [5.74, 6) is 0.387. The van der Waals surface area contributed by atoms with Crippen molar-refractivity contribution < 1.29 is 19.0 Å². The fraction of sp³-hybridized carbons (Fsp3) is 0.414. The Bertz CT molecular complexity index is 1140. The molecule has 0 aliphatic heterocycles. The third kappa shape index (κ3) is 8.97. The van der Waals surface area contributed by atoms with Crippen LogP contribution in [0.1, 0.15) is 67.2 Å². The Labute approximate surface area is 203 Å². The number of benzene rings is 1. The lowest BCUT2D eigenvalue weighted by Gasteiger charge is -2.13. The van der Waals surface area contributed by atoms with Crippen LogP contribution < -0.4 is 15.1 Å². The molecule has 0 aliphatic rings. The highest BCUT2D eigenvalue weighted by atomic mass is 16.5. The van der Waals surface area contributed by atoms with Crippen molar-refractivity contribution in [2.75, 3.05) is 13.2 Å². The van der Waals surface area contributed by atoms with Crippen molar-refractivity contribution in [2.24, 2.45) is 0 Å². The summed E-state index contributed by atoms with van der Waals surface area (Å²) in [5, 5.41) is 10.4. The molecule has 0 radical (unpaired) electrons. The van der Waals surface area contributed by atoms with E-state index in [0.717, 1.165) is 25.7 Å². The number of rotatable bonds is 12. The minimum Gasteiger partial charge on any atom is -0.508 e. The van der Waals surface area contributed by atoms with Gasteiger partial charge in [-0.25, -0.2) is 4.79 Å². The Balaban J connectivity index is 2.21.